The zero-order valence-corrected chi connectivity index (χ0v) is 12.8. The highest BCUT2D eigenvalue weighted by Crippen LogP contribution is 2.11. The van der Waals surface area contributed by atoms with E-state index in [4.69, 9.17) is 11.6 Å². The first-order valence-electron chi connectivity index (χ1n) is 6.73. The average molecular weight is 262 g/mol. The normalized spacial score (nSPS) is 13.2. The van der Waals surface area contributed by atoms with Gasteiger partial charge in [0.1, 0.15) is 0 Å². The number of carbonyl (C=O) groups excluding carboxylic acids is 1. The molecule has 17 heavy (non-hydrogen) atoms. The third kappa shape index (κ3) is 7.64. The molecule has 0 aliphatic carbocycles. The van der Waals surface area contributed by atoms with Crippen LogP contribution in [0.3, 0.4) is 0 Å². The van der Waals surface area contributed by atoms with E-state index in [1.165, 1.54) is 0 Å². The van der Waals surface area contributed by atoms with Gasteiger partial charge in [0.15, 0.2) is 0 Å². The third-order valence-electron chi connectivity index (χ3n) is 2.92. The Labute approximate surface area is 112 Å². The number of halogens is 1. The number of carbonyl (C=O) groups is 1. The molecule has 1 atom stereocenters. The highest BCUT2D eigenvalue weighted by atomic mass is 35.5. The second-order valence-corrected chi connectivity index (χ2v) is 6.05. The molecule has 1 amide bonds. The molecule has 3 heteroatoms. The Morgan fingerprint density at radius 3 is 1.71 bits per heavy atom. The predicted octanol–water partition coefficient (Wildman–Crippen LogP) is 3.78. The number of rotatable bonds is 8. The van der Waals surface area contributed by atoms with E-state index in [-0.39, 0.29) is 11.8 Å². The Morgan fingerprint density at radius 1 is 1.00 bits per heavy atom. The van der Waals surface area contributed by atoms with Crippen LogP contribution in [0, 0.1) is 17.8 Å². The zero-order valence-electron chi connectivity index (χ0n) is 12.0. The molecule has 102 valence electrons. The fraction of sp³-hybridized carbons (Fsp3) is 0.929. The Balaban J connectivity index is 4.32. The van der Waals surface area contributed by atoms with Crippen molar-refractivity contribution in [3.63, 3.8) is 0 Å². The van der Waals surface area contributed by atoms with E-state index in [0.717, 1.165) is 25.9 Å². The molecule has 0 saturated heterocycles. The van der Waals surface area contributed by atoms with E-state index in [0.29, 0.717) is 17.7 Å². The summed E-state index contributed by atoms with van der Waals surface area (Å²) < 4.78 is 0. The molecule has 0 spiro atoms. The minimum atomic E-state index is -0.0593. The fourth-order valence-electron chi connectivity index (χ4n) is 1.54. The summed E-state index contributed by atoms with van der Waals surface area (Å²) in [6.45, 7) is 12.4. The van der Waals surface area contributed by atoms with Crippen LogP contribution in [0.4, 0.5) is 0 Å². The third-order valence-corrected chi connectivity index (χ3v) is 3.38. The first kappa shape index (κ1) is 16.8. The van der Waals surface area contributed by atoms with Crippen molar-refractivity contribution in [2.75, 3.05) is 19.0 Å². The molecule has 0 heterocycles. The van der Waals surface area contributed by atoms with Gasteiger partial charge in [-0.15, -0.1) is 11.6 Å². The molecule has 0 fully saturated rings. The minimum absolute atomic E-state index is 0.0593. The molecule has 0 saturated carbocycles. The molecule has 0 radical (unpaired) electrons. The van der Waals surface area contributed by atoms with Gasteiger partial charge in [-0.25, -0.2) is 0 Å². The lowest BCUT2D eigenvalue weighted by Gasteiger charge is -2.26. The van der Waals surface area contributed by atoms with Gasteiger partial charge in [-0.05, 0) is 24.7 Å². The standard InChI is InChI=1S/C14H28ClNO/c1-11(2)6-8-16(9-7-12(3)4)14(17)13(5)10-15/h11-13H,6-10H2,1-5H3. The summed E-state index contributed by atoms with van der Waals surface area (Å²) in [7, 11) is 0. The fourth-order valence-corrected chi connectivity index (χ4v) is 1.67. The lowest BCUT2D eigenvalue weighted by molar-refractivity contribution is -0.134. The van der Waals surface area contributed by atoms with Crippen molar-refractivity contribution in [1.29, 1.82) is 0 Å². The van der Waals surface area contributed by atoms with Crippen LogP contribution in [-0.2, 0) is 4.79 Å². The van der Waals surface area contributed by atoms with Gasteiger partial charge in [0.2, 0.25) is 5.91 Å². The van der Waals surface area contributed by atoms with Gasteiger partial charge in [0.25, 0.3) is 0 Å². The summed E-state index contributed by atoms with van der Waals surface area (Å²) in [6.07, 6.45) is 2.14. The van der Waals surface area contributed by atoms with E-state index in [9.17, 15) is 4.79 Å². The number of nitrogens with zero attached hydrogens (tertiary/aromatic N) is 1. The van der Waals surface area contributed by atoms with Crippen molar-refractivity contribution in [2.45, 2.75) is 47.5 Å². The second kappa shape index (κ2) is 8.79. The van der Waals surface area contributed by atoms with E-state index in [1.807, 2.05) is 11.8 Å². The predicted molar refractivity (Wildman–Crippen MR) is 75.4 cm³/mol. The summed E-state index contributed by atoms with van der Waals surface area (Å²) in [4.78, 5) is 14.1. The van der Waals surface area contributed by atoms with Crippen LogP contribution in [0.5, 0.6) is 0 Å². The van der Waals surface area contributed by atoms with Gasteiger partial charge in [-0.2, -0.15) is 0 Å². The van der Waals surface area contributed by atoms with E-state index < -0.39 is 0 Å². The second-order valence-electron chi connectivity index (χ2n) is 5.75. The minimum Gasteiger partial charge on any atom is -0.342 e. The quantitative estimate of drug-likeness (QED) is 0.609. The molecule has 2 nitrogen and oxygen atoms in total. The molecule has 0 aromatic carbocycles. The average Bonchev–Trinajstić information content (AvgIpc) is 2.26. The topological polar surface area (TPSA) is 20.3 Å². The maximum absolute atomic E-state index is 12.1. The summed E-state index contributed by atoms with van der Waals surface area (Å²) in [5, 5.41) is 0. The molecule has 0 aromatic rings. The highest BCUT2D eigenvalue weighted by molar-refractivity contribution is 6.19. The van der Waals surface area contributed by atoms with Gasteiger partial charge < -0.3 is 4.90 Å². The maximum Gasteiger partial charge on any atom is 0.226 e. The lowest BCUT2D eigenvalue weighted by atomic mass is 10.1. The molecular weight excluding hydrogens is 234 g/mol. The highest BCUT2D eigenvalue weighted by Gasteiger charge is 2.19. The molecule has 0 bridgehead atoms. The maximum atomic E-state index is 12.1. The molecule has 0 N–H and O–H groups in total. The summed E-state index contributed by atoms with van der Waals surface area (Å²) in [6, 6.07) is 0. The van der Waals surface area contributed by atoms with Crippen LogP contribution < -0.4 is 0 Å². The van der Waals surface area contributed by atoms with Crippen molar-refractivity contribution in [2.24, 2.45) is 17.8 Å². The van der Waals surface area contributed by atoms with Gasteiger partial charge in [-0.1, -0.05) is 34.6 Å². The first-order valence-corrected chi connectivity index (χ1v) is 7.26. The SMILES string of the molecule is CC(C)CCN(CCC(C)C)C(=O)C(C)CCl. The summed E-state index contributed by atoms with van der Waals surface area (Å²) in [5.41, 5.74) is 0. The van der Waals surface area contributed by atoms with Crippen molar-refractivity contribution >= 4 is 17.5 Å². The molecular formula is C14H28ClNO. The molecule has 1 unspecified atom stereocenters. The van der Waals surface area contributed by atoms with E-state index in [2.05, 4.69) is 27.7 Å². The monoisotopic (exact) mass is 261 g/mol. The van der Waals surface area contributed by atoms with Crippen molar-refractivity contribution in [3.8, 4) is 0 Å². The number of hydrogen-bond donors (Lipinski definition) is 0. The Bertz CT molecular complexity index is 204. The van der Waals surface area contributed by atoms with E-state index >= 15 is 0 Å². The Morgan fingerprint density at radius 2 is 1.41 bits per heavy atom. The first-order chi connectivity index (χ1) is 7.88. The van der Waals surface area contributed by atoms with Crippen molar-refractivity contribution < 1.29 is 4.79 Å². The van der Waals surface area contributed by atoms with Crippen LogP contribution in [0.1, 0.15) is 47.5 Å². The van der Waals surface area contributed by atoms with Crippen molar-refractivity contribution in [1.82, 2.24) is 4.90 Å². The van der Waals surface area contributed by atoms with Crippen LogP contribution >= 0.6 is 11.6 Å². The molecule has 0 aliphatic rings. The molecule has 0 rings (SSSR count). The number of alkyl halides is 1. The molecule has 0 aliphatic heterocycles. The van der Waals surface area contributed by atoms with E-state index in [1.54, 1.807) is 0 Å². The van der Waals surface area contributed by atoms with Gasteiger partial charge in [0, 0.05) is 24.9 Å². The summed E-state index contributed by atoms with van der Waals surface area (Å²) >= 11 is 5.77. The summed E-state index contributed by atoms with van der Waals surface area (Å²) in [5.74, 6) is 1.84. The van der Waals surface area contributed by atoms with Crippen LogP contribution in [0.25, 0.3) is 0 Å². The zero-order chi connectivity index (χ0) is 13.4. The Kier molecular flexibility index (Phi) is 8.67. The molecule has 0 aromatic heterocycles. The largest absolute Gasteiger partial charge is 0.342 e. The lowest BCUT2D eigenvalue weighted by Crippen LogP contribution is -2.38. The number of hydrogen-bond acceptors (Lipinski definition) is 1. The van der Waals surface area contributed by atoms with Crippen molar-refractivity contribution in [3.05, 3.63) is 0 Å². The number of amides is 1. The Hall–Kier alpha value is -0.240. The van der Waals surface area contributed by atoms with Crippen LogP contribution in [0.15, 0.2) is 0 Å². The smallest absolute Gasteiger partial charge is 0.226 e. The van der Waals surface area contributed by atoms with Crippen LogP contribution in [0.2, 0.25) is 0 Å². The van der Waals surface area contributed by atoms with Gasteiger partial charge >= 0.3 is 0 Å². The van der Waals surface area contributed by atoms with Gasteiger partial charge in [0.05, 0.1) is 0 Å². The van der Waals surface area contributed by atoms with Gasteiger partial charge in [-0.3, -0.25) is 4.79 Å². The van der Waals surface area contributed by atoms with Crippen LogP contribution in [-0.4, -0.2) is 29.8 Å².